The zero-order valence-corrected chi connectivity index (χ0v) is 10.6. The molecule has 0 amide bonds. The summed E-state index contributed by atoms with van der Waals surface area (Å²) in [5.41, 5.74) is 1.11. The zero-order valence-electron chi connectivity index (χ0n) is 10.6. The van der Waals surface area contributed by atoms with Gasteiger partial charge in [0, 0.05) is 32.3 Å². The van der Waals surface area contributed by atoms with Gasteiger partial charge in [0.05, 0.1) is 6.10 Å². The van der Waals surface area contributed by atoms with Crippen LogP contribution in [0.15, 0.2) is 18.2 Å². The number of benzene rings is 1. The van der Waals surface area contributed by atoms with Crippen LogP contribution in [0.3, 0.4) is 0 Å². The van der Waals surface area contributed by atoms with Gasteiger partial charge in [-0.05, 0) is 24.5 Å². The molecule has 0 radical (unpaired) electrons. The number of halogens is 1. The molecule has 2 unspecified atom stereocenters. The van der Waals surface area contributed by atoms with Crippen molar-refractivity contribution in [3.63, 3.8) is 0 Å². The van der Waals surface area contributed by atoms with Crippen molar-refractivity contribution in [1.29, 1.82) is 0 Å². The normalized spacial score (nSPS) is 27.9. The van der Waals surface area contributed by atoms with Crippen LogP contribution < -0.4 is 4.74 Å². The fourth-order valence-electron chi connectivity index (χ4n) is 2.84. The summed E-state index contributed by atoms with van der Waals surface area (Å²) in [6.45, 7) is 2.68. The van der Waals surface area contributed by atoms with Crippen LogP contribution in [0.25, 0.3) is 0 Å². The van der Waals surface area contributed by atoms with E-state index in [-0.39, 0.29) is 5.82 Å². The predicted molar refractivity (Wildman–Crippen MR) is 66.4 cm³/mol. The topological polar surface area (TPSA) is 21.7 Å². The first-order chi connectivity index (χ1) is 8.76. The molecule has 3 nitrogen and oxygen atoms in total. The van der Waals surface area contributed by atoms with Crippen LogP contribution in [0.1, 0.15) is 12.0 Å². The average Bonchev–Trinajstić information content (AvgIpc) is 2.87. The average molecular weight is 251 g/mol. The summed E-state index contributed by atoms with van der Waals surface area (Å²) in [7, 11) is 1.77. The van der Waals surface area contributed by atoms with Crippen LogP contribution in [0.5, 0.6) is 5.75 Å². The van der Waals surface area contributed by atoms with Crippen LogP contribution in [0.2, 0.25) is 0 Å². The maximum Gasteiger partial charge on any atom is 0.126 e. The van der Waals surface area contributed by atoms with E-state index in [1.807, 2.05) is 6.07 Å². The third kappa shape index (κ3) is 2.22. The molecule has 1 aromatic carbocycles. The summed E-state index contributed by atoms with van der Waals surface area (Å²) in [6, 6.07) is 5.21. The third-order valence-corrected chi connectivity index (χ3v) is 3.94. The largest absolute Gasteiger partial charge is 0.492 e. The first kappa shape index (κ1) is 11.9. The van der Waals surface area contributed by atoms with E-state index in [4.69, 9.17) is 9.47 Å². The minimum Gasteiger partial charge on any atom is -0.492 e. The maximum atomic E-state index is 13.1. The molecule has 4 heteroatoms. The highest BCUT2D eigenvalue weighted by Gasteiger charge is 2.31. The molecule has 0 aliphatic carbocycles. The summed E-state index contributed by atoms with van der Waals surface area (Å²) >= 11 is 0. The van der Waals surface area contributed by atoms with Crippen molar-refractivity contribution in [3.8, 4) is 5.75 Å². The number of fused-ring (bicyclic) bond motifs is 1. The zero-order chi connectivity index (χ0) is 12.5. The van der Waals surface area contributed by atoms with Crippen molar-refractivity contribution in [2.24, 2.45) is 0 Å². The molecule has 0 spiro atoms. The van der Waals surface area contributed by atoms with Crippen molar-refractivity contribution >= 4 is 0 Å². The Hall–Kier alpha value is -1.13. The SMILES string of the molecule is COC1CCN(C2COc3cc(F)ccc3C2)C1. The predicted octanol–water partition coefficient (Wildman–Crippen LogP) is 1.85. The van der Waals surface area contributed by atoms with Crippen molar-refractivity contribution in [1.82, 2.24) is 4.90 Å². The quantitative estimate of drug-likeness (QED) is 0.800. The smallest absolute Gasteiger partial charge is 0.126 e. The Bertz CT molecular complexity index is 438. The Kier molecular flexibility index (Phi) is 3.22. The fraction of sp³-hybridized carbons (Fsp3) is 0.571. The molecule has 0 aromatic heterocycles. The molecule has 98 valence electrons. The Labute approximate surface area is 106 Å². The standard InChI is InChI=1S/C14H18FNO2/c1-17-13-4-5-16(8-13)12-6-10-2-3-11(15)7-14(10)18-9-12/h2-3,7,12-13H,4-6,8-9H2,1H3. The monoisotopic (exact) mass is 251 g/mol. The van der Waals surface area contributed by atoms with Gasteiger partial charge >= 0.3 is 0 Å². The van der Waals surface area contributed by atoms with E-state index in [9.17, 15) is 4.39 Å². The first-order valence-corrected chi connectivity index (χ1v) is 6.44. The first-order valence-electron chi connectivity index (χ1n) is 6.44. The fourth-order valence-corrected chi connectivity index (χ4v) is 2.84. The molecular weight excluding hydrogens is 233 g/mol. The van der Waals surface area contributed by atoms with E-state index < -0.39 is 0 Å². The number of hydrogen-bond donors (Lipinski definition) is 0. The molecule has 18 heavy (non-hydrogen) atoms. The van der Waals surface area contributed by atoms with E-state index in [2.05, 4.69) is 4.90 Å². The van der Waals surface area contributed by atoms with Gasteiger partial charge in [0.15, 0.2) is 0 Å². The molecule has 1 aromatic rings. The molecule has 2 atom stereocenters. The van der Waals surface area contributed by atoms with Gasteiger partial charge in [-0.15, -0.1) is 0 Å². The van der Waals surface area contributed by atoms with Crippen molar-refractivity contribution in [2.75, 3.05) is 26.8 Å². The lowest BCUT2D eigenvalue weighted by atomic mass is 10.0. The summed E-state index contributed by atoms with van der Waals surface area (Å²) in [4.78, 5) is 2.42. The number of likely N-dealkylation sites (tertiary alicyclic amines) is 1. The molecule has 2 heterocycles. The number of nitrogens with zero attached hydrogens (tertiary/aromatic N) is 1. The van der Waals surface area contributed by atoms with Gasteiger partial charge in [0.25, 0.3) is 0 Å². The van der Waals surface area contributed by atoms with Crippen LogP contribution in [0, 0.1) is 5.82 Å². The van der Waals surface area contributed by atoms with Crippen molar-refractivity contribution in [3.05, 3.63) is 29.6 Å². The second-order valence-electron chi connectivity index (χ2n) is 5.06. The molecule has 0 N–H and O–H groups in total. The molecule has 1 fully saturated rings. The van der Waals surface area contributed by atoms with Gasteiger partial charge < -0.3 is 9.47 Å². The lowest BCUT2D eigenvalue weighted by Gasteiger charge is -2.32. The van der Waals surface area contributed by atoms with Gasteiger partial charge in [-0.25, -0.2) is 4.39 Å². The lowest BCUT2D eigenvalue weighted by Crippen LogP contribution is -2.42. The van der Waals surface area contributed by atoms with Gasteiger partial charge in [0.2, 0.25) is 0 Å². The highest BCUT2D eigenvalue weighted by atomic mass is 19.1. The Morgan fingerprint density at radius 1 is 1.44 bits per heavy atom. The van der Waals surface area contributed by atoms with E-state index in [0.29, 0.717) is 24.5 Å². The Morgan fingerprint density at radius 2 is 2.33 bits per heavy atom. The van der Waals surface area contributed by atoms with E-state index >= 15 is 0 Å². The Balaban J connectivity index is 1.70. The molecule has 0 saturated carbocycles. The van der Waals surface area contributed by atoms with E-state index in [1.54, 1.807) is 7.11 Å². The summed E-state index contributed by atoms with van der Waals surface area (Å²) < 4.78 is 24.1. The van der Waals surface area contributed by atoms with Crippen LogP contribution in [0.4, 0.5) is 4.39 Å². The minimum absolute atomic E-state index is 0.229. The van der Waals surface area contributed by atoms with Crippen LogP contribution >= 0.6 is 0 Å². The maximum absolute atomic E-state index is 13.1. The van der Waals surface area contributed by atoms with Crippen LogP contribution in [-0.2, 0) is 11.2 Å². The Morgan fingerprint density at radius 3 is 3.11 bits per heavy atom. The lowest BCUT2D eigenvalue weighted by molar-refractivity contribution is 0.0874. The van der Waals surface area contributed by atoms with Gasteiger partial charge in [0.1, 0.15) is 18.2 Å². The molecule has 3 rings (SSSR count). The number of methoxy groups -OCH3 is 1. The molecule has 0 bridgehead atoms. The number of rotatable bonds is 2. The molecular formula is C14H18FNO2. The van der Waals surface area contributed by atoms with Gasteiger partial charge in [-0.1, -0.05) is 6.07 Å². The van der Waals surface area contributed by atoms with Gasteiger partial charge in [-0.2, -0.15) is 0 Å². The summed E-state index contributed by atoms with van der Waals surface area (Å²) in [6.07, 6.45) is 2.37. The third-order valence-electron chi connectivity index (χ3n) is 3.94. The second-order valence-corrected chi connectivity index (χ2v) is 5.06. The summed E-state index contributed by atoms with van der Waals surface area (Å²) in [5.74, 6) is 0.474. The number of hydrogen-bond acceptors (Lipinski definition) is 3. The minimum atomic E-state index is -0.229. The van der Waals surface area contributed by atoms with E-state index in [1.165, 1.54) is 12.1 Å². The number of ether oxygens (including phenoxy) is 2. The molecule has 2 aliphatic heterocycles. The second kappa shape index (κ2) is 4.86. The highest BCUT2D eigenvalue weighted by Crippen LogP contribution is 2.28. The van der Waals surface area contributed by atoms with Gasteiger partial charge in [-0.3, -0.25) is 4.90 Å². The van der Waals surface area contributed by atoms with Crippen molar-refractivity contribution < 1.29 is 13.9 Å². The van der Waals surface area contributed by atoms with Crippen LogP contribution in [-0.4, -0.2) is 43.9 Å². The van der Waals surface area contributed by atoms with E-state index in [0.717, 1.165) is 31.5 Å². The molecule has 1 saturated heterocycles. The highest BCUT2D eigenvalue weighted by molar-refractivity contribution is 5.36. The summed E-state index contributed by atoms with van der Waals surface area (Å²) in [5, 5.41) is 0. The molecule has 2 aliphatic rings. The van der Waals surface area contributed by atoms with Crippen molar-refractivity contribution in [2.45, 2.75) is 25.0 Å².